The summed E-state index contributed by atoms with van der Waals surface area (Å²) in [5.74, 6) is -0.333. The van der Waals surface area contributed by atoms with Crippen LogP contribution in [0.25, 0.3) is 0 Å². The molecule has 0 saturated carbocycles. The van der Waals surface area contributed by atoms with Crippen LogP contribution >= 0.6 is 11.6 Å². The van der Waals surface area contributed by atoms with Crippen LogP contribution in [0.15, 0.2) is 78.9 Å². The summed E-state index contributed by atoms with van der Waals surface area (Å²) in [5.41, 5.74) is 2.21. The maximum atomic E-state index is 13.5. The predicted octanol–water partition coefficient (Wildman–Crippen LogP) is 5.82. The first-order chi connectivity index (χ1) is 15.3. The van der Waals surface area contributed by atoms with E-state index in [-0.39, 0.29) is 24.7 Å². The van der Waals surface area contributed by atoms with E-state index in [4.69, 9.17) is 16.4 Å². The number of amides is 1. The molecule has 0 radical (unpaired) electrons. The molecule has 5 nitrogen and oxygen atoms in total. The Balaban J connectivity index is 1.71. The number of para-hydroxylation sites is 1. The lowest BCUT2D eigenvalue weighted by Crippen LogP contribution is -2.49. The van der Waals surface area contributed by atoms with Crippen LogP contribution in [0.1, 0.15) is 47.8 Å². The minimum Gasteiger partial charge on any atom is -0.371 e. The van der Waals surface area contributed by atoms with E-state index in [0.29, 0.717) is 10.6 Å². The molecular weight excluding hydrogens is 424 g/mol. The highest BCUT2D eigenvalue weighted by Gasteiger charge is 2.42. The number of halogens is 1. The van der Waals surface area contributed by atoms with Gasteiger partial charge in [-0.1, -0.05) is 60.1 Å². The van der Waals surface area contributed by atoms with Gasteiger partial charge in [0.2, 0.25) is 0 Å². The Bertz CT molecular complexity index is 1110. The van der Waals surface area contributed by atoms with E-state index in [2.05, 4.69) is 5.32 Å². The van der Waals surface area contributed by atoms with Gasteiger partial charge in [0.25, 0.3) is 5.91 Å². The van der Waals surface area contributed by atoms with Crippen molar-refractivity contribution in [3.63, 3.8) is 0 Å². The van der Waals surface area contributed by atoms with Crippen molar-refractivity contribution in [2.45, 2.75) is 38.5 Å². The molecular formula is C26H25ClN2O3. The number of carbonyl (C=O) groups excluding carboxylic acids is 2. The highest BCUT2D eigenvalue weighted by Crippen LogP contribution is 2.38. The molecule has 3 aromatic carbocycles. The van der Waals surface area contributed by atoms with E-state index in [1.807, 2.05) is 68.4 Å². The number of hydroxylamine groups is 2. The van der Waals surface area contributed by atoms with Gasteiger partial charge < -0.3 is 5.32 Å². The van der Waals surface area contributed by atoms with Gasteiger partial charge in [-0.3, -0.25) is 14.4 Å². The van der Waals surface area contributed by atoms with Crippen molar-refractivity contribution in [3.05, 3.63) is 101 Å². The summed E-state index contributed by atoms with van der Waals surface area (Å²) in [6.07, 6.45) is 0.0803. The van der Waals surface area contributed by atoms with Crippen molar-refractivity contribution < 1.29 is 14.4 Å². The smallest absolute Gasteiger partial charge is 0.271 e. The van der Waals surface area contributed by atoms with E-state index in [9.17, 15) is 9.59 Å². The van der Waals surface area contributed by atoms with Crippen LogP contribution in [-0.2, 0) is 16.2 Å². The molecule has 1 amide bonds. The zero-order valence-electron chi connectivity index (χ0n) is 18.0. The molecule has 3 aromatic rings. The second-order valence-electron chi connectivity index (χ2n) is 8.38. The Morgan fingerprint density at radius 2 is 1.66 bits per heavy atom. The third-order valence-corrected chi connectivity index (χ3v) is 5.79. The van der Waals surface area contributed by atoms with Gasteiger partial charge in [-0.2, -0.15) is 0 Å². The van der Waals surface area contributed by atoms with Crippen LogP contribution in [0.4, 0.5) is 5.69 Å². The third-order valence-electron chi connectivity index (χ3n) is 5.54. The standard InChI is InChI=1S/C26H25ClN2O3/c1-26(2)25(31)29(32-17-18-8-4-3-5-9-18)23(21-10-6-7-11-22(21)28-26)16-24(30)19-12-14-20(27)15-13-19/h3-15,23,28H,16-17H2,1-2H3/t23-/m1/s1. The Morgan fingerprint density at radius 1 is 1.00 bits per heavy atom. The van der Waals surface area contributed by atoms with Crippen LogP contribution < -0.4 is 5.32 Å². The van der Waals surface area contributed by atoms with Crippen molar-refractivity contribution in [3.8, 4) is 0 Å². The summed E-state index contributed by atoms with van der Waals surface area (Å²) in [6, 6.07) is 23.5. The molecule has 1 atom stereocenters. The number of nitrogens with zero attached hydrogens (tertiary/aromatic N) is 1. The van der Waals surface area contributed by atoms with Gasteiger partial charge in [0, 0.05) is 28.3 Å². The van der Waals surface area contributed by atoms with Crippen molar-refractivity contribution >= 4 is 29.0 Å². The first-order valence-electron chi connectivity index (χ1n) is 10.5. The normalized spacial score (nSPS) is 17.3. The Hall–Kier alpha value is -3.15. The summed E-state index contributed by atoms with van der Waals surface area (Å²) in [7, 11) is 0. The molecule has 0 aliphatic carbocycles. The monoisotopic (exact) mass is 448 g/mol. The molecule has 1 heterocycles. The van der Waals surface area contributed by atoms with Gasteiger partial charge in [-0.05, 0) is 49.7 Å². The van der Waals surface area contributed by atoms with Crippen LogP contribution in [0.5, 0.6) is 0 Å². The number of benzene rings is 3. The number of carbonyl (C=O) groups is 2. The maximum Gasteiger partial charge on any atom is 0.271 e. The van der Waals surface area contributed by atoms with Crippen molar-refractivity contribution in [1.82, 2.24) is 5.06 Å². The first kappa shape index (κ1) is 22.1. The van der Waals surface area contributed by atoms with E-state index in [0.717, 1.165) is 16.8 Å². The molecule has 0 saturated heterocycles. The Kier molecular flexibility index (Phi) is 6.31. The lowest BCUT2D eigenvalue weighted by molar-refractivity contribution is -0.209. The Morgan fingerprint density at radius 3 is 2.38 bits per heavy atom. The molecule has 32 heavy (non-hydrogen) atoms. The van der Waals surface area contributed by atoms with Gasteiger partial charge in [0.15, 0.2) is 5.78 Å². The second kappa shape index (κ2) is 9.15. The fourth-order valence-electron chi connectivity index (χ4n) is 3.82. The number of hydrogen-bond acceptors (Lipinski definition) is 4. The van der Waals surface area contributed by atoms with Gasteiger partial charge in [0.05, 0.1) is 6.04 Å². The summed E-state index contributed by atoms with van der Waals surface area (Å²) in [6.45, 7) is 3.85. The molecule has 164 valence electrons. The van der Waals surface area contributed by atoms with Gasteiger partial charge >= 0.3 is 0 Å². The van der Waals surface area contributed by atoms with Gasteiger partial charge in [0.1, 0.15) is 12.1 Å². The predicted molar refractivity (Wildman–Crippen MR) is 125 cm³/mol. The summed E-state index contributed by atoms with van der Waals surface area (Å²) >= 11 is 5.98. The highest BCUT2D eigenvalue weighted by molar-refractivity contribution is 6.30. The number of ketones is 1. The SMILES string of the molecule is CC1(C)Nc2ccccc2[C@@H](CC(=O)c2ccc(Cl)cc2)N(OCc2ccccc2)C1=O. The second-order valence-corrected chi connectivity index (χ2v) is 8.81. The summed E-state index contributed by atoms with van der Waals surface area (Å²) in [4.78, 5) is 32.8. The van der Waals surface area contributed by atoms with E-state index in [1.54, 1.807) is 24.3 Å². The van der Waals surface area contributed by atoms with Gasteiger partial charge in [-0.25, -0.2) is 5.06 Å². The first-order valence-corrected chi connectivity index (χ1v) is 10.9. The minimum absolute atomic E-state index is 0.0803. The van der Waals surface area contributed by atoms with Crippen molar-refractivity contribution in [2.75, 3.05) is 5.32 Å². The van der Waals surface area contributed by atoms with E-state index < -0.39 is 11.6 Å². The number of hydrogen-bond donors (Lipinski definition) is 1. The molecule has 0 unspecified atom stereocenters. The fraction of sp³-hybridized carbons (Fsp3) is 0.231. The summed E-state index contributed by atoms with van der Waals surface area (Å²) in [5, 5.41) is 5.27. The average molecular weight is 449 g/mol. The summed E-state index contributed by atoms with van der Waals surface area (Å²) < 4.78 is 0. The molecule has 6 heteroatoms. The van der Waals surface area contributed by atoms with Crippen LogP contribution in [0.3, 0.4) is 0 Å². The lowest BCUT2D eigenvalue weighted by Gasteiger charge is -2.33. The molecule has 0 bridgehead atoms. The molecule has 1 aliphatic heterocycles. The maximum absolute atomic E-state index is 13.5. The number of rotatable bonds is 6. The van der Waals surface area contributed by atoms with Crippen LogP contribution in [-0.4, -0.2) is 22.3 Å². The number of anilines is 1. The fourth-order valence-corrected chi connectivity index (χ4v) is 3.95. The van der Waals surface area contributed by atoms with Crippen molar-refractivity contribution in [2.24, 2.45) is 0 Å². The quantitative estimate of drug-likeness (QED) is 0.483. The largest absolute Gasteiger partial charge is 0.371 e. The highest BCUT2D eigenvalue weighted by atomic mass is 35.5. The van der Waals surface area contributed by atoms with E-state index >= 15 is 0 Å². The van der Waals surface area contributed by atoms with E-state index in [1.165, 1.54) is 5.06 Å². The lowest BCUT2D eigenvalue weighted by atomic mass is 9.96. The third kappa shape index (κ3) is 4.69. The van der Waals surface area contributed by atoms with Crippen molar-refractivity contribution in [1.29, 1.82) is 0 Å². The molecule has 0 fully saturated rings. The van der Waals surface area contributed by atoms with Crippen LogP contribution in [0, 0.1) is 0 Å². The number of nitrogens with one attached hydrogen (secondary N) is 1. The Labute approximate surface area is 192 Å². The molecule has 0 aromatic heterocycles. The van der Waals surface area contributed by atoms with Gasteiger partial charge in [-0.15, -0.1) is 0 Å². The molecule has 1 N–H and O–H groups in total. The number of Topliss-reactive ketones (excluding diaryl/α,β-unsaturated/α-hetero) is 1. The van der Waals surface area contributed by atoms with Crippen LogP contribution in [0.2, 0.25) is 5.02 Å². The average Bonchev–Trinajstić information content (AvgIpc) is 2.86. The topological polar surface area (TPSA) is 58.6 Å². The minimum atomic E-state index is -0.912. The zero-order valence-corrected chi connectivity index (χ0v) is 18.8. The molecule has 4 rings (SSSR count). The zero-order chi connectivity index (χ0) is 22.7. The molecule has 0 spiro atoms. The molecule has 1 aliphatic rings. The number of fused-ring (bicyclic) bond motifs is 1.